The molecule has 0 saturated carbocycles. The van der Waals surface area contributed by atoms with Gasteiger partial charge in [0.05, 0.1) is 11.8 Å². The average Bonchev–Trinajstić information content (AvgIpc) is 3.08. The minimum Gasteiger partial charge on any atom is -0.457 e. The second-order valence-corrected chi connectivity index (χ2v) is 6.12. The van der Waals surface area contributed by atoms with Crippen molar-refractivity contribution < 1.29 is 9.21 Å². The highest BCUT2D eigenvalue weighted by molar-refractivity contribution is 9.10. The minimum absolute atomic E-state index is 0.0835. The number of halogens is 1. The van der Waals surface area contributed by atoms with E-state index in [9.17, 15) is 4.79 Å². The number of amides is 1. The standard InChI is InChI=1S/C14H19BrN2O2/c15-13-12(5-9-19-13)14(18)17-8-4-11(10-17)16-6-2-1-3-7-16/h5,9,11H,1-4,6-8,10H2. The van der Waals surface area contributed by atoms with Crippen molar-refractivity contribution in [3.8, 4) is 0 Å². The Morgan fingerprint density at radius 1 is 1.26 bits per heavy atom. The van der Waals surface area contributed by atoms with Gasteiger partial charge in [0.2, 0.25) is 0 Å². The van der Waals surface area contributed by atoms with Gasteiger partial charge in [0.15, 0.2) is 4.67 Å². The number of rotatable bonds is 2. The fourth-order valence-corrected chi connectivity index (χ4v) is 3.53. The Bertz CT molecular complexity index is 454. The zero-order valence-electron chi connectivity index (χ0n) is 11.0. The number of likely N-dealkylation sites (tertiary alicyclic amines) is 2. The van der Waals surface area contributed by atoms with Crippen molar-refractivity contribution in [1.29, 1.82) is 0 Å². The molecule has 1 aromatic rings. The van der Waals surface area contributed by atoms with Crippen LogP contribution < -0.4 is 0 Å². The van der Waals surface area contributed by atoms with Crippen molar-refractivity contribution in [3.63, 3.8) is 0 Å². The fraction of sp³-hybridized carbons (Fsp3) is 0.643. The molecule has 1 aromatic heterocycles. The molecule has 0 aromatic carbocycles. The Balaban J connectivity index is 1.62. The van der Waals surface area contributed by atoms with Gasteiger partial charge in [-0.1, -0.05) is 6.42 Å². The summed E-state index contributed by atoms with van der Waals surface area (Å²) in [6.07, 6.45) is 6.61. The molecule has 0 radical (unpaired) electrons. The molecule has 0 N–H and O–H groups in total. The van der Waals surface area contributed by atoms with Gasteiger partial charge in [0.1, 0.15) is 0 Å². The first-order chi connectivity index (χ1) is 9.25. The van der Waals surface area contributed by atoms with Gasteiger partial charge in [0.25, 0.3) is 5.91 Å². The van der Waals surface area contributed by atoms with E-state index in [2.05, 4.69) is 20.8 Å². The highest BCUT2D eigenvalue weighted by Gasteiger charge is 2.32. The van der Waals surface area contributed by atoms with E-state index in [0.717, 1.165) is 19.5 Å². The molecular weight excluding hydrogens is 308 g/mol. The van der Waals surface area contributed by atoms with Gasteiger partial charge in [-0.15, -0.1) is 0 Å². The van der Waals surface area contributed by atoms with Crippen LogP contribution >= 0.6 is 15.9 Å². The molecule has 2 aliphatic heterocycles. The van der Waals surface area contributed by atoms with Gasteiger partial charge in [-0.3, -0.25) is 9.69 Å². The number of furan rings is 1. The summed E-state index contributed by atoms with van der Waals surface area (Å²) in [7, 11) is 0. The van der Waals surface area contributed by atoms with Crippen LogP contribution in [0.5, 0.6) is 0 Å². The van der Waals surface area contributed by atoms with E-state index >= 15 is 0 Å². The normalized spacial score (nSPS) is 24.9. The van der Waals surface area contributed by atoms with E-state index in [-0.39, 0.29) is 5.91 Å². The first kappa shape index (κ1) is 13.2. The molecule has 1 amide bonds. The summed E-state index contributed by atoms with van der Waals surface area (Å²) in [4.78, 5) is 16.9. The average molecular weight is 327 g/mol. The largest absolute Gasteiger partial charge is 0.457 e. The number of carbonyl (C=O) groups excluding carboxylic acids is 1. The smallest absolute Gasteiger partial charge is 0.258 e. The highest BCUT2D eigenvalue weighted by atomic mass is 79.9. The van der Waals surface area contributed by atoms with Crippen LogP contribution in [0, 0.1) is 0 Å². The lowest BCUT2D eigenvalue weighted by Crippen LogP contribution is -2.41. The minimum atomic E-state index is 0.0835. The van der Waals surface area contributed by atoms with Gasteiger partial charge in [-0.25, -0.2) is 0 Å². The molecule has 0 bridgehead atoms. The van der Waals surface area contributed by atoms with Crippen LogP contribution in [0.15, 0.2) is 21.4 Å². The van der Waals surface area contributed by atoms with Crippen molar-refractivity contribution in [1.82, 2.24) is 9.80 Å². The Morgan fingerprint density at radius 2 is 2.05 bits per heavy atom. The lowest BCUT2D eigenvalue weighted by Gasteiger charge is -2.32. The molecule has 19 heavy (non-hydrogen) atoms. The Kier molecular flexibility index (Phi) is 3.93. The molecular formula is C14H19BrN2O2. The topological polar surface area (TPSA) is 36.7 Å². The molecule has 2 fully saturated rings. The van der Waals surface area contributed by atoms with Crippen LogP contribution in [-0.4, -0.2) is 47.9 Å². The number of piperidine rings is 1. The summed E-state index contributed by atoms with van der Waals surface area (Å²) in [5.74, 6) is 0.0835. The van der Waals surface area contributed by atoms with Crippen molar-refractivity contribution in [3.05, 3.63) is 22.6 Å². The third-order valence-corrected chi connectivity index (χ3v) is 4.82. The van der Waals surface area contributed by atoms with E-state index in [1.807, 2.05) is 4.90 Å². The lowest BCUT2D eigenvalue weighted by atomic mass is 10.1. The lowest BCUT2D eigenvalue weighted by molar-refractivity contribution is 0.0769. The van der Waals surface area contributed by atoms with Crippen LogP contribution in [0.2, 0.25) is 0 Å². The van der Waals surface area contributed by atoms with Gasteiger partial charge >= 0.3 is 0 Å². The second-order valence-electron chi connectivity index (χ2n) is 5.40. The molecule has 5 heteroatoms. The molecule has 104 valence electrons. The van der Waals surface area contributed by atoms with E-state index < -0.39 is 0 Å². The van der Waals surface area contributed by atoms with E-state index in [0.29, 0.717) is 16.3 Å². The number of hydrogen-bond acceptors (Lipinski definition) is 3. The maximum absolute atomic E-state index is 12.4. The summed E-state index contributed by atoms with van der Waals surface area (Å²) in [6.45, 7) is 4.11. The quantitative estimate of drug-likeness (QED) is 0.838. The van der Waals surface area contributed by atoms with Crippen molar-refractivity contribution >= 4 is 21.8 Å². The maximum atomic E-state index is 12.4. The zero-order valence-corrected chi connectivity index (χ0v) is 12.6. The van der Waals surface area contributed by atoms with Crippen molar-refractivity contribution in [2.75, 3.05) is 26.2 Å². The third kappa shape index (κ3) is 2.72. The molecule has 2 aliphatic rings. The molecule has 2 saturated heterocycles. The Morgan fingerprint density at radius 3 is 2.74 bits per heavy atom. The summed E-state index contributed by atoms with van der Waals surface area (Å²) < 4.78 is 5.69. The van der Waals surface area contributed by atoms with E-state index in [1.165, 1.54) is 32.4 Å². The first-order valence-electron chi connectivity index (χ1n) is 7.02. The SMILES string of the molecule is O=C(c1ccoc1Br)N1CCC(N2CCCCC2)C1. The monoisotopic (exact) mass is 326 g/mol. The van der Waals surface area contributed by atoms with Gasteiger partial charge in [-0.2, -0.15) is 0 Å². The third-order valence-electron chi connectivity index (χ3n) is 4.21. The summed E-state index contributed by atoms with van der Waals surface area (Å²) >= 11 is 3.28. The van der Waals surface area contributed by atoms with Crippen LogP contribution in [0.4, 0.5) is 0 Å². The maximum Gasteiger partial charge on any atom is 0.258 e. The van der Waals surface area contributed by atoms with Gasteiger partial charge < -0.3 is 9.32 Å². The molecule has 3 heterocycles. The molecule has 1 atom stereocenters. The van der Waals surface area contributed by atoms with Crippen LogP contribution in [0.25, 0.3) is 0 Å². The summed E-state index contributed by atoms with van der Waals surface area (Å²) in [5, 5.41) is 0. The number of hydrogen-bond donors (Lipinski definition) is 0. The molecule has 0 aliphatic carbocycles. The Labute approximate surface area is 121 Å². The number of nitrogens with zero attached hydrogens (tertiary/aromatic N) is 2. The van der Waals surface area contributed by atoms with Crippen LogP contribution in [0.3, 0.4) is 0 Å². The van der Waals surface area contributed by atoms with E-state index in [4.69, 9.17) is 4.42 Å². The van der Waals surface area contributed by atoms with Crippen LogP contribution in [-0.2, 0) is 0 Å². The molecule has 0 spiro atoms. The molecule has 1 unspecified atom stereocenters. The predicted molar refractivity (Wildman–Crippen MR) is 76.1 cm³/mol. The Hall–Kier alpha value is -0.810. The summed E-state index contributed by atoms with van der Waals surface area (Å²) in [5.41, 5.74) is 0.638. The fourth-order valence-electron chi connectivity index (χ4n) is 3.12. The van der Waals surface area contributed by atoms with E-state index in [1.54, 1.807) is 12.3 Å². The zero-order chi connectivity index (χ0) is 13.2. The molecule has 3 rings (SSSR count). The van der Waals surface area contributed by atoms with Crippen molar-refractivity contribution in [2.24, 2.45) is 0 Å². The predicted octanol–water partition coefficient (Wildman–Crippen LogP) is 2.74. The second kappa shape index (κ2) is 5.67. The number of carbonyl (C=O) groups is 1. The van der Waals surface area contributed by atoms with Gasteiger partial charge in [-0.05, 0) is 54.3 Å². The van der Waals surface area contributed by atoms with Crippen molar-refractivity contribution in [2.45, 2.75) is 31.7 Å². The van der Waals surface area contributed by atoms with Crippen LogP contribution in [0.1, 0.15) is 36.0 Å². The highest BCUT2D eigenvalue weighted by Crippen LogP contribution is 2.24. The molecule has 4 nitrogen and oxygen atoms in total. The summed E-state index contributed by atoms with van der Waals surface area (Å²) in [6, 6.07) is 2.29. The first-order valence-corrected chi connectivity index (χ1v) is 7.81. The van der Waals surface area contributed by atoms with Gasteiger partial charge in [0, 0.05) is 19.1 Å².